The second-order valence-corrected chi connectivity index (χ2v) is 3.50. The van der Waals surface area contributed by atoms with Crippen molar-refractivity contribution in [2.24, 2.45) is 0 Å². The van der Waals surface area contributed by atoms with Crippen LogP contribution in [0, 0.1) is 0 Å². The standard InChI is InChI=1S/C12H17NO4/c1-16-6-5-13-8-10-7-9(12(15)17-2)3-4-11(10)14/h3-4,7,13-14H,5-6,8H2,1-2H3. The highest BCUT2D eigenvalue weighted by molar-refractivity contribution is 5.89. The van der Waals surface area contributed by atoms with Crippen molar-refractivity contribution >= 4 is 5.97 Å². The van der Waals surface area contributed by atoms with Gasteiger partial charge in [0.1, 0.15) is 5.75 Å². The number of carbonyl (C=O) groups is 1. The molecule has 0 bridgehead atoms. The van der Waals surface area contributed by atoms with Crippen LogP contribution in [0.15, 0.2) is 18.2 Å². The highest BCUT2D eigenvalue weighted by Crippen LogP contribution is 2.18. The largest absolute Gasteiger partial charge is 0.508 e. The van der Waals surface area contributed by atoms with Gasteiger partial charge in [0.25, 0.3) is 0 Å². The van der Waals surface area contributed by atoms with Crippen LogP contribution in [0.2, 0.25) is 0 Å². The lowest BCUT2D eigenvalue weighted by Gasteiger charge is -2.08. The number of esters is 1. The highest BCUT2D eigenvalue weighted by Gasteiger charge is 2.08. The van der Waals surface area contributed by atoms with E-state index in [-0.39, 0.29) is 5.75 Å². The molecule has 0 saturated carbocycles. The molecule has 17 heavy (non-hydrogen) atoms. The van der Waals surface area contributed by atoms with E-state index >= 15 is 0 Å². The Bertz CT molecular complexity index is 379. The van der Waals surface area contributed by atoms with Crippen molar-refractivity contribution in [2.45, 2.75) is 6.54 Å². The molecule has 2 N–H and O–H groups in total. The average Bonchev–Trinajstić information content (AvgIpc) is 2.35. The molecule has 0 saturated heterocycles. The van der Waals surface area contributed by atoms with Gasteiger partial charge in [-0.15, -0.1) is 0 Å². The first-order valence-electron chi connectivity index (χ1n) is 5.29. The number of hydrogen-bond donors (Lipinski definition) is 2. The lowest BCUT2D eigenvalue weighted by Crippen LogP contribution is -2.18. The van der Waals surface area contributed by atoms with Crippen LogP contribution in [-0.2, 0) is 16.0 Å². The maximum atomic E-state index is 11.3. The lowest BCUT2D eigenvalue weighted by atomic mass is 10.1. The number of aromatic hydroxyl groups is 1. The van der Waals surface area contributed by atoms with Crippen molar-refractivity contribution < 1.29 is 19.4 Å². The van der Waals surface area contributed by atoms with E-state index in [1.54, 1.807) is 13.2 Å². The van der Waals surface area contributed by atoms with Gasteiger partial charge in [0, 0.05) is 25.8 Å². The molecular formula is C12H17NO4. The lowest BCUT2D eigenvalue weighted by molar-refractivity contribution is 0.0600. The quantitative estimate of drug-likeness (QED) is 0.570. The number of phenolic OH excluding ortho intramolecular Hbond substituents is 1. The van der Waals surface area contributed by atoms with E-state index in [1.807, 2.05) is 0 Å². The minimum absolute atomic E-state index is 0.155. The summed E-state index contributed by atoms with van der Waals surface area (Å²) in [6.45, 7) is 1.75. The summed E-state index contributed by atoms with van der Waals surface area (Å²) in [4.78, 5) is 11.3. The second kappa shape index (κ2) is 6.88. The Morgan fingerprint density at radius 1 is 1.41 bits per heavy atom. The zero-order chi connectivity index (χ0) is 12.7. The zero-order valence-electron chi connectivity index (χ0n) is 10.0. The van der Waals surface area contributed by atoms with Crippen LogP contribution in [0.1, 0.15) is 15.9 Å². The number of ether oxygens (including phenoxy) is 2. The number of nitrogens with one attached hydrogen (secondary N) is 1. The van der Waals surface area contributed by atoms with Crippen LogP contribution in [0.25, 0.3) is 0 Å². The first-order valence-corrected chi connectivity index (χ1v) is 5.29. The van der Waals surface area contributed by atoms with Gasteiger partial charge in [-0.1, -0.05) is 0 Å². The fourth-order valence-corrected chi connectivity index (χ4v) is 1.37. The monoisotopic (exact) mass is 239 g/mol. The zero-order valence-corrected chi connectivity index (χ0v) is 10.0. The van der Waals surface area contributed by atoms with E-state index in [0.717, 1.165) is 0 Å². The normalized spacial score (nSPS) is 10.2. The van der Waals surface area contributed by atoms with Gasteiger partial charge in [0.05, 0.1) is 19.3 Å². The average molecular weight is 239 g/mol. The van der Waals surface area contributed by atoms with Crippen LogP contribution in [-0.4, -0.2) is 38.4 Å². The molecule has 0 aliphatic carbocycles. The highest BCUT2D eigenvalue weighted by atomic mass is 16.5. The minimum atomic E-state index is -0.414. The number of carbonyl (C=O) groups excluding carboxylic acids is 1. The van der Waals surface area contributed by atoms with Crippen molar-refractivity contribution in [3.8, 4) is 5.75 Å². The minimum Gasteiger partial charge on any atom is -0.508 e. The summed E-state index contributed by atoms with van der Waals surface area (Å²) in [6, 6.07) is 4.63. The van der Waals surface area contributed by atoms with E-state index in [2.05, 4.69) is 10.1 Å². The number of benzene rings is 1. The molecule has 0 aliphatic rings. The van der Waals surface area contributed by atoms with Gasteiger partial charge in [-0.25, -0.2) is 4.79 Å². The third-order valence-corrected chi connectivity index (χ3v) is 2.30. The molecule has 0 atom stereocenters. The molecule has 0 aromatic heterocycles. The predicted octanol–water partition coefficient (Wildman–Crippen LogP) is 0.915. The van der Waals surface area contributed by atoms with E-state index < -0.39 is 5.97 Å². The predicted molar refractivity (Wildman–Crippen MR) is 63.0 cm³/mol. The molecule has 0 heterocycles. The Labute approximate surface area is 100 Å². The van der Waals surface area contributed by atoms with E-state index in [9.17, 15) is 9.90 Å². The molecular weight excluding hydrogens is 222 g/mol. The maximum Gasteiger partial charge on any atom is 0.337 e. The molecule has 0 aliphatic heterocycles. The van der Waals surface area contributed by atoms with Crippen LogP contribution in [0.3, 0.4) is 0 Å². The Morgan fingerprint density at radius 2 is 2.18 bits per heavy atom. The van der Waals surface area contributed by atoms with Crippen molar-refractivity contribution in [1.29, 1.82) is 0 Å². The van der Waals surface area contributed by atoms with E-state index in [0.29, 0.717) is 30.8 Å². The maximum absolute atomic E-state index is 11.3. The SMILES string of the molecule is COCCNCc1cc(C(=O)OC)ccc1O. The van der Waals surface area contributed by atoms with Crippen LogP contribution < -0.4 is 5.32 Å². The fourth-order valence-electron chi connectivity index (χ4n) is 1.37. The van der Waals surface area contributed by atoms with Crippen LogP contribution in [0.5, 0.6) is 5.75 Å². The molecule has 94 valence electrons. The van der Waals surface area contributed by atoms with E-state index in [4.69, 9.17) is 4.74 Å². The third kappa shape index (κ3) is 4.05. The number of rotatable bonds is 6. The molecule has 0 spiro atoms. The van der Waals surface area contributed by atoms with Gasteiger partial charge in [0.2, 0.25) is 0 Å². The summed E-state index contributed by atoms with van der Waals surface area (Å²) in [5.41, 5.74) is 1.08. The molecule has 1 aromatic carbocycles. The second-order valence-electron chi connectivity index (χ2n) is 3.50. The van der Waals surface area contributed by atoms with Gasteiger partial charge in [-0.3, -0.25) is 0 Å². The summed E-state index contributed by atoms with van der Waals surface area (Å²) in [5.74, 6) is -0.259. The van der Waals surface area contributed by atoms with Gasteiger partial charge in [-0.2, -0.15) is 0 Å². The first-order chi connectivity index (χ1) is 8.19. The first kappa shape index (κ1) is 13.5. The van der Waals surface area contributed by atoms with Crippen molar-refractivity contribution in [1.82, 2.24) is 5.32 Å². The van der Waals surface area contributed by atoms with Gasteiger partial charge < -0.3 is 19.9 Å². The Morgan fingerprint density at radius 3 is 2.82 bits per heavy atom. The summed E-state index contributed by atoms with van der Waals surface area (Å²) in [5, 5.41) is 12.7. The molecule has 0 amide bonds. The summed E-state index contributed by atoms with van der Waals surface area (Å²) < 4.78 is 9.50. The number of hydrogen-bond acceptors (Lipinski definition) is 5. The Balaban J connectivity index is 2.66. The third-order valence-electron chi connectivity index (χ3n) is 2.30. The molecule has 0 unspecified atom stereocenters. The Kier molecular flexibility index (Phi) is 5.45. The van der Waals surface area contributed by atoms with Gasteiger partial charge in [0.15, 0.2) is 0 Å². The van der Waals surface area contributed by atoms with Crippen molar-refractivity contribution in [2.75, 3.05) is 27.4 Å². The number of methoxy groups -OCH3 is 2. The fraction of sp³-hybridized carbons (Fsp3) is 0.417. The molecule has 5 nitrogen and oxygen atoms in total. The summed E-state index contributed by atoms with van der Waals surface area (Å²) in [6.07, 6.45) is 0. The van der Waals surface area contributed by atoms with E-state index in [1.165, 1.54) is 19.2 Å². The van der Waals surface area contributed by atoms with Crippen molar-refractivity contribution in [3.63, 3.8) is 0 Å². The van der Waals surface area contributed by atoms with Crippen molar-refractivity contribution in [3.05, 3.63) is 29.3 Å². The molecule has 0 radical (unpaired) electrons. The molecule has 0 fully saturated rings. The van der Waals surface area contributed by atoms with Crippen LogP contribution >= 0.6 is 0 Å². The summed E-state index contributed by atoms with van der Waals surface area (Å²) in [7, 11) is 2.95. The molecule has 1 rings (SSSR count). The van der Waals surface area contributed by atoms with Gasteiger partial charge >= 0.3 is 5.97 Å². The molecule has 1 aromatic rings. The summed E-state index contributed by atoms with van der Waals surface area (Å²) >= 11 is 0. The molecule has 5 heteroatoms. The smallest absolute Gasteiger partial charge is 0.337 e. The van der Waals surface area contributed by atoms with Gasteiger partial charge in [-0.05, 0) is 18.2 Å². The number of phenols is 1. The van der Waals surface area contributed by atoms with Crippen LogP contribution in [0.4, 0.5) is 0 Å². The topological polar surface area (TPSA) is 67.8 Å². The Hall–Kier alpha value is -1.59.